The van der Waals surface area contributed by atoms with Crippen LogP contribution in [-0.4, -0.2) is 59.0 Å². The molecule has 1 unspecified atom stereocenters. The Morgan fingerprint density at radius 2 is 1.83 bits per heavy atom. The largest absolute Gasteiger partial charge is 0.481 e. The van der Waals surface area contributed by atoms with Gasteiger partial charge in [-0.2, -0.15) is 0 Å². The maximum absolute atomic E-state index is 12.3. The van der Waals surface area contributed by atoms with Gasteiger partial charge in [0.2, 0.25) is 5.91 Å². The third-order valence-corrected chi connectivity index (χ3v) is 4.54. The molecule has 2 aliphatic heterocycles. The fraction of sp³-hybridized carbons (Fsp3) is 0.846. The second-order valence-electron chi connectivity index (χ2n) is 5.76. The lowest BCUT2D eigenvalue weighted by atomic mass is 10.2. The van der Waals surface area contributed by atoms with E-state index in [4.69, 9.17) is 5.11 Å². The Morgan fingerprint density at radius 3 is 2.56 bits per heavy atom. The maximum atomic E-state index is 12.3. The van der Waals surface area contributed by atoms with E-state index in [1.807, 2.05) is 4.90 Å². The normalized spacial score (nSPS) is 36.0. The highest BCUT2D eigenvalue weighted by Crippen LogP contribution is 2.40. The highest BCUT2D eigenvalue weighted by atomic mass is 16.4. The van der Waals surface area contributed by atoms with Gasteiger partial charge in [-0.15, -0.1) is 0 Å². The van der Waals surface area contributed by atoms with Crippen molar-refractivity contribution in [1.29, 1.82) is 0 Å². The molecular weight excluding hydrogens is 232 g/mol. The van der Waals surface area contributed by atoms with Gasteiger partial charge in [-0.05, 0) is 32.2 Å². The van der Waals surface area contributed by atoms with Gasteiger partial charge in [0.05, 0.1) is 11.8 Å². The molecule has 5 nitrogen and oxygen atoms in total. The number of rotatable bonds is 2. The summed E-state index contributed by atoms with van der Waals surface area (Å²) in [6.45, 7) is 3.85. The van der Waals surface area contributed by atoms with Crippen LogP contribution >= 0.6 is 0 Å². The summed E-state index contributed by atoms with van der Waals surface area (Å²) in [7, 11) is 0. The van der Waals surface area contributed by atoms with Crippen LogP contribution in [0.25, 0.3) is 0 Å². The predicted molar refractivity (Wildman–Crippen MR) is 65.0 cm³/mol. The van der Waals surface area contributed by atoms with Crippen molar-refractivity contribution in [1.82, 2.24) is 9.80 Å². The van der Waals surface area contributed by atoms with Gasteiger partial charge in [-0.3, -0.25) is 14.5 Å². The van der Waals surface area contributed by atoms with Crippen molar-refractivity contribution in [2.75, 3.05) is 26.2 Å². The van der Waals surface area contributed by atoms with Crippen LogP contribution in [0.15, 0.2) is 0 Å². The van der Waals surface area contributed by atoms with Crippen molar-refractivity contribution >= 4 is 11.9 Å². The smallest absolute Gasteiger partial charge is 0.307 e. The van der Waals surface area contributed by atoms with Crippen LogP contribution in [-0.2, 0) is 9.59 Å². The number of nitrogens with zero attached hydrogens (tertiary/aromatic N) is 2. The van der Waals surface area contributed by atoms with Gasteiger partial charge >= 0.3 is 5.97 Å². The molecule has 18 heavy (non-hydrogen) atoms. The minimum Gasteiger partial charge on any atom is -0.481 e. The van der Waals surface area contributed by atoms with E-state index in [1.54, 1.807) is 0 Å². The third kappa shape index (κ3) is 2.11. The second kappa shape index (κ2) is 4.53. The lowest BCUT2D eigenvalue weighted by molar-refractivity contribution is -0.142. The van der Waals surface area contributed by atoms with Crippen molar-refractivity contribution < 1.29 is 14.7 Å². The molecule has 1 saturated carbocycles. The van der Waals surface area contributed by atoms with Gasteiger partial charge in [0.1, 0.15) is 0 Å². The van der Waals surface area contributed by atoms with Crippen molar-refractivity contribution in [2.45, 2.75) is 31.7 Å². The first-order chi connectivity index (χ1) is 8.66. The Hall–Kier alpha value is -1.10. The Balaban J connectivity index is 1.62. The van der Waals surface area contributed by atoms with E-state index in [-0.39, 0.29) is 11.8 Å². The number of amides is 1. The lowest BCUT2D eigenvalue weighted by Gasteiger charge is -2.25. The summed E-state index contributed by atoms with van der Waals surface area (Å²) >= 11 is 0. The minimum absolute atomic E-state index is 0.0798. The van der Waals surface area contributed by atoms with Gasteiger partial charge < -0.3 is 10.0 Å². The predicted octanol–water partition coefficient (Wildman–Crippen LogP) is 0.404. The third-order valence-electron chi connectivity index (χ3n) is 4.54. The van der Waals surface area contributed by atoms with E-state index < -0.39 is 11.9 Å². The summed E-state index contributed by atoms with van der Waals surface area (Å²) < 4.78 is 0. The zero-order chi connectivity index (χ0) is 12.7. The molecule has 0 aromatic heterocycles. The standard InChI is InChI=1S/C13H20N2O3/c16-12(10-7-11(10)13(17)18)15-6-2-5-14-4-1-3-9(14)8-15/h9-11H,1-8H2,(H,17,18)/t9?,10-,11+/m1/s1. The van der Waals surface area contributed by atoms with Crippen LogP contribution in [0.2, 0.25) is 0 Å². The molecule has 3 rings (SSSR count). The SMILES string of the molecule is O=C(O)[C@H]1C[C@H]1C(=O)N1CCCN2CCCC2C1. The summed E-state index contributed by atoms with van der Waals surface area (Å²) in [5.74, 6) is -1.39. The lowest BCUT2D eigenvalue weighted by Crippen LogP contribution is -2.40. The fourth-order valence-electron chi connectivity index (χ4n) is 3.38. The van der Waals surface area contributed by atoms with Crippen molar-refractivity contribution in [3.05, 3.63) is 0 Å². The van der Waals surface area contributed by atoms with E-state index in [9.17, 15) is 9.59 Å². The van der Waals surface area contributed by atoms with Gasteiger partial charge in [0.25, 0.3) is 0 Å². The zero-order valence-electron chi connectivity index (χ0n) is 10.5. The van der Waals surface area contributed by atoms with Gasteiger partial charge in [-0.25, -0.2) is 0 Å². The maximum Gasteiger partial charge on any atom is 0.307 e. The van der Waals surface area contributed by atoms with E-state index >= 15 is 0 Å². The number of hydrogen-bond donors (Lipinski definition) is 1. The van der Waals surface area contributed by atoms with Crippen molar-refractivity contribution in [3.63, 3.8) is 0 Å². The summed E-state index contributed by atoms with van der Waals surface area (Å²) in [5.41, 5.74) is 0. The van der Waals surface area contributed by atoms with E-state index in [2.05, 4.69) is 4.90 Å². The highest BCUT2D eigenvalue weighted by molar-refractivity contribution is 5.89. The molecule has 0 bridgehead atoms. The molecule has 3 fully saturated rings. The molecule has 1 N–H and O–H groups in total. The number of carbonyl (C=O) groups is 2. The molecule has 0 spiro atoms. The summed E-state index contributed by atoms with van der Waals surface area (Å²) in [5, 5.41) is 8.90. The monoisotopic (exact) mass is 252 g/mol. The zero-order valence-corrected chi connectivity index (χ0v) is 10.5. The molecular formula is C13H20N2O3. The van der Waals surface area contributed by atoms with Crippen molar-refractivity contribution in [2.24, 2.45) is 11.8 Å². The Bertz CT molecular complexity index is 371. The number of carboxylic acids is 1. The van der Waals surface area contributed by atoms with Gasteiger partial charge in [0, 0.05) is 25.7 Å². The fourth-order valence-corrected chi connectivity index (χ4v) is 3.38. The molecule has 0 radical (unpaired) electrons. The quantitative estimate of drug-likeness (QED) is 0.773. The van der Waals surface area contributed by atoms with E-state index in [0.717, 1.165) is 32.6 Å². The molecule has 1 amide bonds. The summed E-state index contributed by atoms with van der Waals surface area (Å²) in [6.07, 6.45) is 3.97. The summed E-state index contributed by atoms with van der Waals surface area (Å²) in [4.78, 5) is 27.5. The molecule has 1 aliphatic carbocycles. The first kappa shape index (κ1) is 12.0. The summed E-state index contributed by atoms with van der Waals surface area (Å²) in [6, 6.07) is 0.512. The molecule has 2 saturated heterocycles. The topological polar surface area (TPSA) is 60.9 Å². The Labute approximate surface area is 107 Å². The van der Waals surface area contributed by atoms with Crippen LogP contribution < -0.4 is 0 Å². The average molecular weight is 252 g/mol. The first-order valence-electron chi connectivity index (χ1n) is 6.92. The van der Waals surface area contributed by atoms with Crippen LogP contribution in [0.1, 0.15) is 25.7 Å². The minimum atomic E-state index is -0.814. The average Bonchev–Trinajstić information content (AvgIpc) is 3.08. The number of hydrogen-bond acceptors (Lipinski definition) is 3. The second-order valence-corrected chi connectivity index (χ2v) is 5.76. The van der Waals surface area contributed by atoms with E-state index in [1.165, 1.54) is 12.8 Å². The number of fused-ring (bicyclic) bond motifs is 1. The molecule has 0 aromatic rings. The molecule has 100 valence electrons. The number of carboxylic acid groups (broad SMARTS) is 1. The molecule has 5 heteroatoms. The Morgan fingerprint density at radius 1 is 1.06 bits per heavy atom. The van der Waals surface area contributed by atoms with Gasteiger partial charge in [0.15, 0.2) is 0 Å². The van der Waals surface area contributed by atoms with Crippen LogP contribution in [0.3, 0.4) is 0 Å². The molecule has 3 aliphatic rings. The van der Waals surface area contributed by atoms with Crippen molar-refractivity contribution in [3.8, 4) is 0 Å². The van der Waals surface area contributed by atoms with Crippen LogP contribution in [0, 0.1) is 11.8 Å². The molecule has 0 aromatic carbocycles. The van der Waals surface area contributed by atoms with E-state index in [0.29, 0.717) is 12.5 Å². The number of carbonyl (C=O) groups excluding carboxylic acids is 1. The molecule has 2 heterocycles. The first-order valence-corrected chi connectivity index (χ1v) is 6.92. The highest BCUT2D eigenvalue weighted by Gasteiger charge is 2.50. The van der Waals surface area contributed by atoms with Crippen LogP contribution in [0.5, 0.6) is 0 Å². The van der Waals surface area contributed by atoms with Gasteiger partial charge in [-0.1, -0.05) is 0 Å². The Kier molecular flexibility index (Phi) is 3.01. The molecule has 3 atom stereocenters. The van der Waals surface area contributed by atoms with Crippen LogP contribution in [0.4, 0.5) is 0 Å². The number of aliphatic carboxylic acids is 1.